The molecule has 1 aromatic carbocycles. The van der Waals surface area contributed by atoms with Crippen LogP contribution in [0.2, 0.25) is 0 Å². The highest BCUT2D eigenvalue weighted by Gasteiger charge is 2.11. The predicted octanol–water partition coefficient (Wildman–Crippen LogP) is 3.31. The second-order valence-electron chi connectivity index (χ2n) is 6.10. The summed E-state index contributed by atoms with van der Waals surface area (Å²) in [5, 5.41) is 6.55. The molecular weight excluding hydrogens is 260 g/mol. The van der Waals surface area contributed by atoms with E-state index < -0.39 is 0 Å². The molecule has 1 saturated carbocycles. The Kier molecular flexibility index (Phi) is 6.74. The van der Waals surface area contributed by atoms with Gasteiger partial charge in [-0.15, -0.1) is 0 Å². The van der Waals surface area contributed by atoms with Crippen LogP contribution in [0.5, 0.6) is 0 Å². The van der Waals surface area contributed by atoms with Crippen molar-refractivity contribution in [3.05, 3.63) is 35.4 Å². The molecule has 116 valence electrons. The molecule has 0 heterocycles. The molecule has 1 aliphatic rings. The molecule has 1 fully saturated rings. The van der Waals surface area contributed by atoms with Crippen LogP contribution in [-0.2, 0) is 11.3 Å². The van der Waals surface area contributed by atoms with E-state index in [1.54, 1.807) is 0 Å². The van der Waals surface area contributed by atoms with E-state index in [2.05, 4.69) is 29.7 Å². The van der Waals surface area contributed by atoms with Crippen molar-refractivity contribution in [3.63, 3.8) is 0 Å². The number of rotatable bonds is 6. The summed E-state index contributed by atoms with van der Waals surface area (Å²) in [6, 6.07) is 8.81. The Morgan fingerprint density at radius 3 is 2.57 bits per heavy atom. The quantitative estimate of drug-likeness (QED) is 0.789. The molecule has 0 saturated heterocycles. The van der Waals surface area contributed by atoms with Gasteiger partial charge in [0, 0.05) is 25.6 Å². The zero-order chi connectivity index (χ0) is 14.9. The van der Waals surface area contributed by atoms with Crippen LogP contribution in [0.3, 0.4) is 0 Å². The van der Waals surface area contributed by atoms with Crippen molar-refractivity contribution in [2.75, 3.05) is 6.54 Å². The maximum atomic E-state index is 11.9. The SMILES string of the molecule is Cc1ccccc1CNC(=O)CCNC1CCCCCC1. The number of hydrogen-bond donors (Lipinski definition) is 2. The second kappa shape index (κ2) is 8.83. The molecule has 1 amide bonds. The van der Waals surface area contributed by atoms with Crippen LogP contribution < -0.4 is 10.6 Å². The maximum absolute atomic E-state index is 11.9. The monoisotopic (exact) mass is 288 g/mol. The first kappa shape index (κ1) is 16.0. The van der Waals surface area contributed by atoms with E-state index in [-0.39, 0.29) is 5.91 Å². The van der Waals surface area contributed by atoms with Crippen molar-refractivity contribution < 1.29 is 4.79 Å². The fourth-order valence-electron chi connectivity index (χ4n) is 2.96. The minimum Gasteiger partial charge on any atom is -0.352 e. The lowest BCUT2D eigenvalue weighted by molar-refractivity contribution is -0.121. The van der Waals surface area contributed by atoms with E-state index in [9.17, 15) is 4.79 Å². The lowest BCUT2D eigenvalue weighted by Gasteiger charge is -2.16. The molecule has 1 aromatic rings. The van der Waals surface area contributed by atoms with Gasteiger partial charge < -0.3 is 10.6 Å². The Morgan fingerprint density at radius 2 is 1.86 bits per heavy atom. The van der Waals surface area contributed by atoms with Crippen molar-refractivity contribution in [2.24, 2.45) is 0 Å². The second-order valence-corrected chi connectivity index (χ2v) is 6.10. The number of nitrogens with one attached hydrogen (secondary N) is 2. The van der Waals surface area contributed by atoms with Crippen molar-refractivity contribution >= 4 is 5.91 Å². The summed E-state index contributed by atoms with van der Waals surface area (Å²) in [5.41, 5.74) is 2.43. The molecule has 0 spiro atoms. The highest BCUT2D eigenvalue weighted by molar-refractivity contribution is 5.76. The molecule has 3 heteroatoms. The van der Waals surface area contributed by atoms with Gasteiger partial charge in [0.1, 0.15) is 0 Å². The van der Waals surface area contributed by atoms with Crippen LogP contribution in [0, 0.1) is 6.92 Å². The van der Waals surface area contributed by atoms with Gasteiger partial charge >= 0.3 is 0 Å². The molecule has 2 rings (SSSR count). The van der Waals surface area contributed by atoms with E-state index in [0.717, 1.165) is 6.54 Å². The molecule has 0 aromatic heterocycles. The maximum Gasteiger partial charge on any atom is 0.221 e. The van der Waals surface area contributed by atoms with Crippen molar-refractivity contribution in [2.45, 2.75) is 64.5 Å². The number of carbonyl (C=O) groups excluding carboxylic acids is 1. The molecule has 21 heavy (non-hydrogen) atoms. The molecule has 2 N–H and O–H groups in total. The number of hydrogen-bond acceptors (Lipinski definition) is 2. The number of carbonyl (C=O) groups is 1. The van der Waals surface area contributed by atoms with E-state index in [0.29, 0.717) is 19.0 Å². The third kappa shape index (κ3) is 5.88. The zero-order valence-electron chi connectivity index (χ0n) is 13.2. The van der Waals surface area contributed by atoms with Crippen LogP contribution in [0.15, 0.2) is 24.3 Å². The van der Waals surface area contributed by atoms with Crippen molar-refractivity contribution in [3.8, 4) is 0 Å². The van der Waals surface area contributed by atoms with Gasteiger partial charge in [0.2, 0.25) is 5.91 Å². The Labute approximate surface area is 128 Å². The van der Waals surface area contributed by atoms with Gasteiger partial charge in [0.25, 0.3) is 0 Å². The van der Waals surface area contributed by atoms with Crippen LogP contribution in [0.1, 0.15) is 56.1 Å². The van der Waals surface area contributed by atoms with Gasteiger partial charge in [0.15, 0.2) is 0 Å². The van der Waals surface area contributed by atoms with Crippen LogP contribution in [0.4, 0.5) is 0 Å². The minimum absolute atomic E-state index is 0.138. The summed E-state index contributed by atoms with van der Waals surface area (Å²) in [4.78, 5) is 11.9. The third-order valence-corrected chi connectivity index (χ3v) is 4.38. The average Bonchev–Trinajstić information content (AvgIpc) is 2.75. The van der Waals surface area contributed by atoms with E-state index in [1.165, 1.54) is 49.7 Å². The first-order chi connectivity index (χ1) is 10.3. The molecule has 0 atom stereocenters. The summed E-state index contributed by atoms with van der Waals surface area (Å²) in [6.45, 7) is 3.51. The first-order valence-corrected chi connectivity index (χ1v) is 8.30. The van der Waals surface area contributed by atoms with Crippen LogP contribution in [0.25, 0.3) is 0 Å². The smallest absolute Gasteiger partial charge is 0.221 e. The minimum atomic E-state index is 0.138. The summed E-state index contributed by atoms with van der Waals surface area (Å²) in [7, 11) is 0. The third-order valence-electron chi connectivity index (χ3n) is 4.38. The largest absolute Gasteiger partial charge is 0.352 e. The van der Waals surface area contributed by atoms with Gasteiger partial charge in [-0.3, -0.25) is 4.79 Å². The molecule has 0 bridgehead atoms. The highest BCUT2D eigenvalue weighted by atomic mass is 16.1. The Bertz CT molecular complexity index is 437. The first-order valence-electron chi connectivity index (χ1n) is 8.30. The average molecular weight is 288 g/mol. The fourth-order valence-corrected chi connectivity index (χ4v) is 2.96. The summed E-state index contributed by atoms with van der Waals surface area (Å²) in [6.07, 6.45) is 8.51. The normalized spacial score (nSPS) is 16.4. The zero-order valence-corrected chi connectivity index (χ0v) is 13.2. The summed E-state index contributed by atoms with van der Waals surface area (Å²) < 4.78 is 0. The standard InChI is InChI=1S/C18H28N2O/c1-15-8-6-7-9-16(15)14-20-18(21)12-13-19-17-10-4-2-3-5-11-17/h6-9,17,19H,2-5,10-14H2,1H3,(H,20,21). The highest BCUT2D eigenvalue weighted by Crippen LogP contribution is 2.17. The Morgan fingerprint density at radius 1 is 1.14 bits per heavy atom. The lowest BCUT2D eigenvalue weighted by atomic mass is 10.1. The molecule has 0 radical (unpaired) electrons. The van der Waals surface area contributed by atoms with Crippen molar-refractivity contribution in [1.29, 1.82) is 0 Å². The van der Waals surface area contributed by atoms with E-state index in [4.69, 9.17) is 0 Å². The van der Waals surface area contributed by atoms with Crippen LogP contribution >= 0.6 is 0 Å². The molecule has 3 nitrogen and oxygen atoms in total. The number of benzene rings is 1. The Balaban J connectivity index is 1.62. The number of aryl methyl sites for hydroxylation is 1. The molecular formula is C18H28N2O. The van der Waals surface area contributed by atoms with Gasteiger partial charge in [-0.1, -0.05) is 49.9 Å². The topological polar surface area (TPSA) is 41.1 Å². The van der Waals surface area contributed by atoms with Crippen molar-refractivity contribution in [1.82, 2.24) is 10.6 Å². The van der Waals surface area contributed by atoms with E-state index in [1.807, 2.05) is 12.1 Å². The number of amides is 1. The predicted molar refractivity (Wildman–Crippen MR) is 87.1 cm³/mol. The van der Waals surface area contributed by atoms with E-state index >= 15 is 0 Å². The summed E-state index contributed by atoms with van der Waals surface area (Å²) >= 11 is 0. The lowest BCUT2D eigenvalue weighted by Crippen LogP contribution is -2.33. The molecule has 0 aliphatic heterocycles. The molecule has 1 aliphatic carbocycles. The fraction of sp³-hybridized carbons (Fsp3) is 0.611. The van der Waals surface area contributed by atoms with Crippen LogP contribution in [-0.4, -0.2) is 18.5 Å². The van der Waals surface area contributed by atoms with Gasteiger partial charge in [-0.2, -0.15) is 0 Å². The van der Waals surface area contributed by atoms with Gasteiger partial charge in [0.05, 0.1) is 0 Å². The van der Waals surface area contributed by atoms with Gasteiger partial charge in [-0.05, 0) is 30.9 Å². The summed E-state index contributed by atoms with van der Waals surface area (Å²) in [5.74, 6) is 0.138. The van der Waals surface area contributed by atoms with Gasteiger partial charge in [-0.25, -0.2) is 0 Å². The molecule has 0 unspecified atom stereocenters. The Hall–Kier alpha value is -1.35.